The molecule has 2 heteroatoms. The van der Waals surface area contributed by atoms with Gasteiger partial charge in [0.05, 0.1) is 0 Å². The Morgan fingerprint density at radius 1 is 1.69 bits per heavy atom. The van der Waals surface area contributed by atoms with Crippen LogP contribution >= 0.6 is 11.6 Å². The van der Waals surface area contributed by atoms with Crippen molar-refractivity contribution in [2.45, 2.75) is 40.0 Å². The van der Waals surface area contributed by atoms with Crippen LogP contribution in [0.15, 0.2) is 11.6 Å². The topological polar surface area (TPSA) is 17.1 Å². The van der Waals surface area contributed by atoms with Gasteiger partial charge in [0.2, 0.25) is 5.24 Å². The normalized spacial score (nSPS) is 26.8. The Kier molecular flexibility index (Phi) is 3.18. The van der Waals surface area contributed by atoms with Crippen molar-refractivity contribution in [1.29, 1.82) is 0 Å². The number of rotatable bonds is 2. The van der Waals surface area contributed by atoms with Gasteiger partial charge in [-0.2, -0.15) is 0 Å². The Hall–Kier alpha value is -0.300. The van der Waals surface area contributed by atoms with Crippen LogP contribution in [0.5, 0.6) is 0 Å². The second-order valence-electron chi connectivity index (χ2n) is 4.59. The quantitative estimate of drug-likeness (QED) is 0.493. The van der Waals surface area contributed by atoms with Crippen LogP contribution in [0.1, 0.15) is 40.0 Å². The SMILES string of the molecule is CC1=CCCC(C)(C)C1CC(=O)Cl. The van der Waals surface area contributed by atoms with Crippen LogP contribution in [0, 0.1) is 11.3 Å². The Morgan fingerprint density at radius 3 is 2.77 bits per heavy atom. The molecule has 0 saturated heterocycles. The van der Waals surface area contributed by atoms with E-state index in [9.17, 15) is 4.79 Å². The molecule has 0 heterocycles. The van der Waals surface area contributed by atoms with Gasteiger partial charge in [0.25, 0.3) is 0 Å². The number of allylic oxidation sites excluding steroid dienone is 2. The van der Waals surface area contributed by atoms with E-state index in [2.05, 4.69) is 26.8 Å². The summed E-state index contributed by atoms with van der Waals surface area (Å²) in [5.74, 6) is 0.339. The lowest BCUT2D eigenvalue weighted by Gasteiger charge is -2.37. The van der Waals surface area contributed by atoms with Crippen LogP contribution in [0.3, 0.4) is 0 Å². The molecule has 0 aliphatic heterocycles. The fraction of sp³-hybridized carbons (Fsp3) is 0.727. The highest BCUT2D eigenvalue weighted by Crippen LogP contribution is 2.42. The Morgan fingerprint density at radius 2 is 2.31 bits per heavy atom. The molecule has 1 aliphatic rings. The van der Waals surface area contributed by atoms with E-state index in [1.807, 2.05) is 0 Å². The average molecular weight is 201 g/mol. The van der Waals surface area contributed by atoms with Gasteiger partial charge in [0.1, 0.15) is 0 Å². The van der Waals surface area contributed by atoms with Gasteiger partial charge in [-0.05, 0) is 42.7 Å². The van der Waals surface area contributed by atoms with Crippen LogP contribution < -0.4 is 0 Å². The number of hydrogen-bond donors (Lipinski definition) is 0. The Balaban J connectivity index is 2.81. The molecule has 0 bridgehead atoms. The number of halogens is 1. The minimum Gasteiger partial charge on any atom is -0.281 e. The first-order chi connectivity index (χ1) is 5.93. The van der Waals surface area contributed by atoms with Gasteiger partial charge in [0, 0.05) is 6.42 Å². The molecule has 1 nitrogen and oxygen atoms in total. The number of hydrogen-bond acceptors (Lipinski definition) is 1. The van der Waals surface area contributed by atoms with Crippen molar-refractivity contribution in [2.24, 2.45) is 11.3 Å². The van der Waals surface area contributed by atoms with E-state index in [4.69, 9.17) is 11.6 Å². The summed E-state index contributed by atoms with van der Waals surface area (Å²) in [6.45, 7) is 6.54. The fourth-order valence-electron chi connectivity index (χ4n) is 2.20. The molecule has 0 amide bonds. The van der Waals surface area contributed by atoms with Gasteiger partial charge in [-0.15, -0.1) is 0 Å². The van der Waals surface area contributed by atoms with Crippen molar-refractivity contribution in [3.63, 3.8) is 0 Å². The van der Waals surface area contributed by atoms with Gasteiger partial charge >= 0.3 is 0 Å². The van der Waals surface area contributed by atoms with Crippen LogP contribution in [0.2, 0.25) is 0 Å². The fourth-order valence-corrected chi connectivity index (χ4v) is 2.36. The highest BCUT2D eigenvalue weighted by atomic mass is 35.5. The summed E-state index contributed by atoms with van der Waals surface area (Å²) in [4.78, 5) is 10.9. The van der Waals surface area contributed by atoms with Crippen LogP contribution in [0.4, 0.5) is 0 Å². The lowest BCUT2D eigenvalue weighted by molar-refractivity contribution is -0.113. The number of carbonyl (C=O) groups excluding carboxylic acids is 1. The molecule has 0 aromatic carbocycles. The first-order valence-corrected chi connectivity index (χ1v) is 5.16. The predicted molar refractivity (Wildman–Crippen MR) is 55.7 cm³/mol. The summed E-state index contributed by atoms with van der Waals surface area (Å²) in [5.41, 5.74) is 1.55. The molecule has 0 aromatic heterocycles. The third-order valence-corrected chi connectivity index (χ3v) is 3.27. The summed E-state index contributed by atoms with van der Waals surface area (Å²) < 4.78 is 0. The molecule has 0 saturated carbocycles. The van der Waals surface area contributed by atoms with Gasteiger partial charge in [-0.25, -0.2) is 0 Å². The molecule has 1 unspecified atom stereocenters. The molecule has 0 radical (unpaired) electrons. The summed E-state index contributed by atoms with van der Waals surface area (Å²) in [6.07, 6.45) is 5.00. The standard InChI is InChI=1S/C11H17ClO/c1-8-5-4-6-11(2,3)9(8)7-10(12)13/h5,9H,4,6-7H2,1-3H3. The van der Waals surface area contributed by atoms with E-state index < -0.39 is 0 Å². The molecule has 0 N–H and O–H groups in total. The lowest BCUT2D eigenvalue weighted by Crippen LogP contribution is -2.29. The van der Waals surface area contributed by atoms with E-state index in [0.29, 0.717) is 12.3 Å². The lowest BCUT2D eigenvalue weighted by atomic mass is 9.67. The highest BCUT2D eigenvalue weighted by Gasteiger charge is 2.33. The van der Waals surface area contributed by atoms with Crippen molar-refractivity contribution < 1.29 is 4.79 Å². The van der Waals surface area contributed by atoms with Crippen molar-refractivity contribution >= 4 is 16.8 Å². The summed E-state index contributed by atoms with van der Waals surface area (Å²) >= 11 is 5.44. The van der Waals surface area contributed by atoms with Crippen molar-refractivity contribution in [3.05, 3.63) is 11.6 Å². The maximum atomic E-state index is 10.9. The summed E-state index contributed by atoms with van der Waals surface area (Å²) in [5, 5.41) is -0.215. The maximum absolute atomic E-state index is 10.9. The summed E-state index contributed by atoms with van der Waals surface area (Å²) in [7, 11) is 0. The zero-order valence-electron chi connectivity index (χ0n) is 8.56. The molecule has 0 spiro atoms. The molecule has 74 valence electrons. The average Bonchev–Trinajstić information content (AvgIpc) is 1.96. The molecular weight excluding hydrogens is 184 g/mol. The molecular formula is C11H17ClO. The molecule has 1 atom stereocenters. The Labute approximate surface area is 85.2 Å². The minimum absolute atomic E-state index is 0.215. The van der Waals surface area contributed by atoms with Crippen LogP contribution in [-0.4, -0.2) is 5.24 Å². The Bertz CT molecular complexity index is 240. The van der Waals surface area contributed by atoms with E-state index in [1.54, 1.807) is 0 Å². The monoisotopic (exact) mass is 200 g/mol. The van der Waals surface area contributed by atoms with E-state index >= 15 is 0 Å². The van der Waals surface area contributed by atoms with Crippen molar-refractivity contribution in [2.75, 3.05) is 0 Å². The second-order valence-corrected chi connectivity index (χ2v) is 5.01. The molecule has 0 fully saturated rings. The third-order valence-electron chi connectivity index (χ3n) is 3.11. The maximum Gasteiger partial charge on any atom is 0.222 e. The van der Waals surface area contributed by atoms with Crippen LogP contribution in [0.25, 0.3) is 0 Å². The summed E-state index contributed by atoms with van der Waals surface area (Å²) in [6, 6.07) is 0. The highest BCUT2D eigenvalue weighted by molar-refractivity contribution is 6.63. The second kappa shape index (κ2) is 3.83. The molecule has 13 heavy (non-hydrogen) atoms. The van der Waals surface area contributed by atoms with E-state index in [0.717, 1.165) is 12.8 Å². The third kappa shape index (κ3) is 2.57. The van der Waals surface area contributed by atoms with Gasteiger partial charge in [-0.3, -0.25) is 4.79 Å². The smallest absolute Gasteiger partial charge is 0.222 e. The molecule has 1 aliphatic carbocycles. The predicted octanol–water partition coefficient (Wildman–Crippen LogP) is 3.52. The van der Waals surface area contributed by atoms with Crippen molar-refractivity contribution in [3.8, 4) is 0 Å². The first kappa shape index (κ1) is 10.8. The van der Waals surface area contributed by atoms with Crippen molar-refractivity contribution in [1.82, 2.24) is 0 Å². The number of carbonyl (C=O) groups is 1. The molecule has 0 aromatic rings. The van der Waals surface area contributed by atoms with E-state index in [1.165, 1.54) is 5.57 Å². The van der Waals surface area contributed by atoms with Gasteiger partial charge < -0.3 is 0 Å². The largest absolute Gasteiger partial charge is 0.281 e. The molecule has 1 rings (SSSR count). The zero-order chi connectivity index (χ0) is 10.1. The van der Waals surface area contributed by atoms with Gasteiger partial charge in [-0.1, -0.05) is 25.5 Å². The van der Waals surface area contributed by atoms with Gasteiger partial charge in [0.15, 0.2) is 0 Å². The first-order valence-electron chi connectivity index (χ1n) is 4.78. The van der Waals surface area contributed by atoms with E-state index in [-0.39, 0.29) is 10.7 Å². The minimum atomic E-state index is -0.215. The van der Waals surface area contributed by atoms with Crippen LogP contribution in [-0.2, 0) is 4.79 Å². The zero-order valence-corrected chi connectivity index (χ0v) is 9.32.